The van der Waals surface area contributed by atoms with E-state index in [0.717, 1.165) is 45.5 Å². The van der Waals surface area contributed by atoms with Crippen molar-refractivity contribution in [2.24, 2.45) is 5.41 Å². The molecule has 1 amide bonds. The largest absolute Gasteiger partial charge is 0.384 e. The summed E-state index contributed by atoms with van der Waals surface area (Å²) in [6.07, 6.45) is 3.69. The summed E-state index contributed by atoms with van der Waals surface area (Å²) < 4.78 is 5.30. The van der Waals surface area contributed by atoms with Crippen LogP contribution in [0.1, 0.15) is 32.6 Å². The molecule has 0 radical (unpaired) electrons. The lowest BCUT2D eigenvalue weighted by molar-refractivity contribution is -0.122. The number of nitrogens with one attached hydrogen (secondary N) is 2. The highest BCUT2D eigenvalue weighted by Gasteiger charge is 2.32. The number of carbonyl (C=O) groups is 1. The minimum absolute atomic E-state index is 0. The van der Waals surface area contributed by atoms with Crippen LogP contribution in [0.3, 0.4) is 0 Å². The molecule has 0 aromatic heterocycles. The monoisotopic (exact) mass is 264 g/mol. The number of ether oxygens (including phenoxy) is 1. The third-order valence-electron chi connectivity index (χ3n) is 3.25. The average Bonchev–Trinajstić information content (AvgIpc) is 2.29. The van der Waals surface area contributed by atoms with E-state index < -0.39 is 0 Å². The van der Waals surface area contributed by atoms with Crippen LogP contribution in [0.25, 0.3) is 0 Å². The normalized spacial score (nSPS) is 18.2. The van der Waals surface area contributed by atoms with Gasteiger partial charge in [0.1, 0.15) is 0 Å². The summed E-state index contributed by atoms with van der Waals surface area (Å²) in [6, 6.07) is 0. The summed E-state index contributed by atoms with van der Waals surface area (Å²) in [7, 11) is 1.73. The SMILES string of the molecule is CCCC(=O)NCC1(COC)CCNCC1.Cl. The molecule has 1 aliphatic rings. The molecule has 0 atom stereocenters. The van der Waals surface area contributed by atoms with Crippen LogP contribution in [0.5, 0.6) is 0 Å². The van der Waals surface area contributed by atoms with E-state index in [4.69, 9.17) is 4.74 Å². The Balaban J connectivity index is 0.00000256. The van der Waals surface area contributed by atoms with Crippen molar-refractivity contribution >= 4 is 18.3 Å². The highest BCUT2D eigenvalue weighted by molar-refractivity contribution is 5.85. The van der Waals surface area contributed by atoms with Crippen molar-refractivity contribution in [1.29, 1.82) is 0 Å². The van der Waals surface area contributed by atoms with Crippen molar-refractivity contribution in [3.8, 4) is 0 Å². The van der Waals surface area contributed by atoms with Crippen molar-refractivity contribution in [1.82, 2.24) is 10.6 Å². The lowest BCUT2D eigenvalue weighted by Crippen LogP contribution is -2.47. The van der Waals surface area contributed by atoms with Crippen molar-refractivity contribution in [3.63, 3.8) is 0 Å². The minimum Gasteiger partial charge on any atom is -0.384 e. The van der Waals surface area contributed by atoms with Gasteiger partial charge in [-0.3, -0.25) is 4.79 Å². The molecule has 1 aliphatic heterocycles. The van der Waals surface area contributed by atoms with Gasteiger partial charge in [0.05, 0.1) is 6.61 Å². The van der Waals surface area contributed by atoms with E-state index in [9.17, 15) is 4.79 Å². The van der Waals surface area contributed by atoms with Crippen LogP contribution in [-0.4, -0.2) is 39.3 Å². The fourth-order valence-corrected chi connectivity index (χ4v) is 2.24. The van der Waals surface area contributed by atoms with E-state index in [2.05, 4.69) is 10.6 Å². The molecule has 1 fully saturated rings. The Kier molecular flexibility index (Phi) is 8.56. The summed E-state index contributed by atoms with van der Waals surface area (Å²) >= 11 is 0. The molecular formula is C12H25ClN2O2. The molecule has 0 aromatic carbocycles. The van der Waals surface area contributed by atoms with Gasteiger partial charge >= 0.3 is 0 Å². The first-order chi connectivity index (χ1) is 7.72. The maximum absolute atomic E-state index is 11.5. The van der Waals surface area contributed by atoms with Gasteiger partial charge in [-0.05, 0) is 32.4 Å². The van der Waals surface area contributed by atoms with Gasteiger partial charge in [0, 0.05) is 25.5 Å². The molecule has 17 heavy (non-hydrogen) atoms. The van der Waals surface area contributed by atoms with Gasteiger partial charge in [0.15, 0.2) is 0 Å². The highest BCUT2D eigenvalue weighted by Crippen LogP contribution is 2.28. The molecule has 1 rings (SSSR count). The Labute approximate surface area is 110 Å². The van der Waals surface area contributed by atoms with Gasteiger partial charge < -0.3 is 15.4 Å². The van der Waals surface area contributed by atoms with Crippen molar-refractivity contribution in [2.45, 2.75) is 32.6 Å². The Morgan fingerprint density at radius 3 is 2.59 bits per heavy atom. The zero-order valence-electron chi connectivity index (χ0n) is 10.9. The first-order valence-electron chi connectivity index (χ1n) is 6.19. The van der Waals surface area contributed by atoms with Gasteiger partial charge in [-0.15, -0.1) is 12.4 Å². The van der Waals surface area contributed by atoms with E-state index in [0.29, 0.717) is 6.42 Å². The lowest BCUT2D eigenvalue weighted by atomic mass is 9.79. The predicted octanol–water partition coefficient (Wildman–Crippen LogP) is 1.34. The number of hydrogen-bond acceptors (Lipinski definition) is 3. The molecule has 1 saturated heterocycles. The van der Waals surface area contributed by atoms with Gasteiger partial charge in [-0.25, -0.2) is 0 Å². The molecule has 5 heteroatoms. The molecule has 2 N–H and O–H groups in total. The number of piperidine rings is 1. The lowest BCUT2D eigenvalue weighted by Gasteiger charge is -2.37. The van der Waals surface area contributed by atoms with Gasteiger partial charge in [-0.1, -0.05) is 6.92 Å². The van der Waals surface area contributed by atoms with Crippen LogP contribution in [-0.2, 0) is 9.53 Å². The number of carbonyl (C=O) groups excluding carboxylic acids is 1. The second-order valence-electron chi connectivity index (χ2n) is 4.71. The maximum atomic E-state index is 11.5. The quantitative estimate of drug-likeness (QED) is 0.761. The van der Waals surface area contributed by atoms with Gasteiger partial charge in [0.25, 0.3) is 0 Å². The van der Waals surface area contributed by atoms with Crippen molar-refractivity contribution < 1.29 is 9.53 Å². The van der Waals surface area contributed by atoms with E-state index >= 15 is 0 Å². The van der Waals surface area contributed by atoms with Crippen LogP contribution in [0, 0.1) is 5.41 Å². The second kappa shape index (κ2) is 8.72. The molecule has 0 unspecified atom stereocenters. The molecule has 4 nitrogen and oxygen atoms in total. The number of amides is 1. The highest BCUT2D eigenvalue weighted by atomic mass is 35.5. The molecular weight excluding hydrogens is 240 g/mol. The molecule has 1 heterocycles. The van der Waals surface area contributed by atoms with E-state index in [1.165, 1.54) is 0 Å². The molecule has 0 spiro atoms. The number of methoxy groups -OCH3 is 1. The van der Waals surface area contributed by atoms with Crippen LogP contribution in [0.15, 0.2) is 0 Å². The zero-order chi connectivity index (χ0) is 11.9. The second-order valence-corrected chi connectivity index (χ2v) is 4.71. The third kappa shape index (κ3) is 5.70. The Hall–Kier alpha value is -0.320. The average molecular weight is 265 g/mol. The predicted molar refractivity (Wildman–Crippen MR) is 71.6 cm³/mol. The van der Waals surface area contributed by atoms with E-state index in [1.807, 2.05) is 6.92 Å². The number of halogens is 1. The van der Waals surface area contributed by atoms with E-state index in [1.54, 1.807) is 7.11 Å². The first kappa shape index (κ1) is 16.7. The Morgan fingerprint density at radius 2 is 2.06 bits per heavy atom. The first-order valence-corrected chi connectivity index (χ1v) is 6.19. The van der Waals surface area contributed by atoms with Gasteiger partial charge in [-0.2, -0.15) is 0 Å². The fraction of sp³-hybridized carbons (Fsp3) is 0.917. The van der Waals surface area contributed by atoms with Crippen molar-refractivity contribution in [3.05, 3.63) is 0 Å². The molecule has 0 saturated carbocycles. The molecule has 0 aromatic rings. The maximum Gasteiger partial charge on any atom is 0.220 e. The van der Waals surface area contributed by atoms with Crippen LogP contribution in [0.4, 0.5) is 0 Å². The summed E-state index contributed by atoms with van der Waals surface area (Å²) in [6.45, 7) is 5.55. The summed E-state index contributed by atoms with van der Waals surface area (Å²) in [5, 5.41) is 6.37. The fourth-order valence-electron chi connectivity index (χ4n) is 2.24. The Morgan fingerprint density at radius 1 is 1.41 bits per heavy atom. The van der Waals surface area contributed by atoms with Crippen molar-refractivity contribution in [2.75, 3.05) is 33.4 Å². The number of hydrogen-bond donors (Lipinski definition) is 2. The topological polar surface area (TPSA) is 50.4 Å². The summed E-state index contributed by atoms with van der Waals surface area (Å²) in [4.78, 5) is 11.5. The minimum atomic E-state index is 0. The molecule has 0 bridgehead atoms. The molecule has 102 valence electrons. The van der Waals surface area contributed by atoms with Crippen LogP contribution >= 0.6 is 12.4 Å². The van der Waals surface area contributed by atoms with Crippen LogP contribution in [0.2, 0.25) is 0 Å². The summed E-state index contributed by atoms with van der Waals surface area (Å²) in [5.74, 6) is 0.163. The molecule has 0 aliphatic carbocycles. The number of rotatable bonds is 6. The van der Waals surface area contributed by atoms with Crippen LogP contribution < -0.4 is 10.6 Å². The third-order valence-corrected chi connectivity index (χ3v) is 3.25. The van der Waals surface area contributed by atoms with E-state index in [-0.39, 0.29) is 23.7 Å². The zero-order valence-corrected chi connectivity index (χ0v) is 11.7. The Bertz CT molecular complexity index is 213. The smallest absolute Gasteiger partial charge is 0.220 e. The summed E-state index contributed by atoms with van der Waals surface area (Å²) in [5.41, 5.74) is 0.142. The van der Waals surface area contributed by atoms with Gasteiger partial charge in [0.2, 0.25) is 5.91 Å². The standard InChI is InChI=1S/C12H24N2O2.ClH/c1-3-4-11(15)14-9-12(10-16-2)5-7-13-8-6-12;/h13H,3-10H2,1-2H3,(H,14,15);1H.